The average Bonchev–Trinajstić information content (AvgIpc) is 3.50. The molecule has 1 aromatic carbocycles. The summed E-state index contributed by atoms with van der Waals surface area (Å²) in [4.78, 5) is 61.7. The van der Waals surface area contributed by atoms with Gasteiger partial charge in [-0.05, 0) is 18.1 Å². The van der Waals surface area contributed by atoms with E-state index < -0.39 is 23.3 Å². The summed E-state index contributed by atoms with van der Waals surface area (Å²) in [6.45, 7) is 4.18. The van der Waals surface area contributed by atoms with Crippen molar-refractivity contribution in [3.8, 4) is 0 Å². The van der Waals surface area contributed by atoms with E-state index in [9.17, 15) is 24.3 Å². The Kier molecular flexibility index (Phi) is 5.74. The van der Waals surface area contributed by atoms with Crippen molar-refractivity contribution in [3.05, 3.63) is 66.0 Å². The molecule has 0 bridgehead atoms. The number of thiophene rings is 1. The summed E-state index contributed by atoms with van der Waals surface area (Å²) in [5.74, 6) is -0.492. The molecule has 1 atom stereocenters. The third kappa shape index (κ3) is 3.83. The first-order chi connectivity index (χ1) is 16.7. The summed E-state index contributed by atoms with van der Waals surface area (Å²) in [7, 11) is 1.38. The Morgan fingerprint density at radius 3 is 2.66 bits per heavy atom. The number of H-pyrrole nitrogens is 1. The van der Waals surface area contributed by atoms with Gasteiger partial charge in [0.25, 0.3) is 11.5 Å². The number of hydrogen-bond donors (Lipinski definition) is 2. The summed E-state index contributed by atoms with van der Waals surface area (Å²) < 4.78 is 3.99. The maximum absolute atomic E-state index is 13.6. The fourth-order valence-electron chi connectivity index (χ4n) is 4.39. The van der Waals surface area contributed by atoms with Crippen LogP contribution in [-0.4, -0.2) is 54.0 Å². The second kappa shape index (κ2) is 8.63. The van der Waals surface area contributed by atoms with Gasteiger partial charge in [-0.15, -0.1) is 11.3 Å². The van der Waals surface area contributed by atoms with Gasteiger partial charge in [0, 0.05) is 18.5 Å². The molecule has 1 unspecified atom stereocenters. The van der Waals surface area contributed by atoms with Crippen molar-refractivity contribution >= 4 is 38.5 Å². The second-order valence-corrected chi connectivity index (χ2v) is 10.2. The summed E-state index contributed by atoms with van der Waals surface area (Å²) in [6.07, 6.45) is -0.842. The third-order valence-corrected chi connectivity index (χ3v) is 7.21. The predicted molar refractivity (Wildman–Crippen MR) is 131 cm³/mol. The molecule has 1 amide bonds. The average molecular weight is 500 g/mol. The normalized spacial score (nSPS) is 16.3. The van der Waals surface area contributed by atoms with Crippen molar-refractivity contribution < 1.29 is 14.7 Å². The number of β-amino-alcohol motifs (C(OH)–C–C–N with tert-alkyl or cyclic N) is 1. The van der Waals surface area contributed by atoms with E-state index in [0.29, 0.717) is 27.3 Å². The molecule has 1 aliphatic heterocycles. The van der Waals surface area contributed by atoms with Crippen LogP contribution < -0.4 is 16.9 Å². The number of benzene rings is 1. The Balaban J connectivity index is 1.79. The van der Waals surface area contributed by atoms with Crippen LogP contribution >= 0.6 is 11.3 Å². The first-order valence-corrected chi connectivity index (χ1v) is 12.0. The highest BCUT2D eigenvalue weighted by Gasteiger charge is 2.33. The summed E-state index contributed by atoms with van der Waals surface area (Å²) in [5.41, 5.74) is -0.0578. The number of aliphatic hydroxyl groups is 1. The first kappa shape index (κ1) is 23.3. The molecule has 0 spiro atoms. The highest BCUT2D eigenvalue weighted by atomic mass is 32.1. The number of hydrogen-bond acceptors (Lipinski definition) is 7. The molecule has 3 aromatic heterocycles. The molecule has 0 saturated carbocycles. The van der Waals surface area contributed by atoms with Gasteiger partial charge in [0.05, 0.1) is 35.1 Å². The van der Waals surface area contributed by atoms with E-state index in [-0.39, 0.29) is 42.3 Å². The SMILES string of the molecule is CC(C)Cn1c(=O)n(C)c(=O)c2c(C(=O)N3CC(O)CO3)c(Cn3c(=O)[nH]c4ccccc43)sc21. The summed E-state index contributed by atoms with van der Waals surface area (Å²) in [5, 5.41) is 11.0. The molecular weight excluding hydrogens is 474 g/mol. The topological polar surface area (TPSA) is 132 Å². The lowest BCUT2D eigenvalue weighted by molar-refractivity contribution is -0.0778. The zero-order valence-electron chi connectivity index (χ0n) is 19.5. The maximum atomic E-state index is 13.6. The van der Waals surface area contributed by atoms with E-state index in [1.165, 1.54) is 16.2 Å². The van der Waals surface area contributed by atoms with E-state index in [0.717, 1.165) is 21.0 Å². The minimum absolute atomic E-state index is 0.0126. The van der Waals surface area contributed by atoms with Crippen molar-refractivity contribution in [2.24, 2.45) is 13.0 Å². The van der Waals surface area contributed by atoms with Gasteiger partial charge < -0.3 is 10.1 Å². The fraction of sp³-hybridized carbons (Fsp3) is 0.391. The van der Waals surface area contributed by atoms with Crippen molar-refractivity contribution in [2.75, 3.05) is 13.2 Å². The number of amides is 1. The van der Waals surface area contributed by atoms with Gasteiger partial charge in [-0.2, -0.15) is 0 Å². The van der Waals surface area contributed by atoms with Crippen LogP contribution in [0.3, 0.4) is 0 Å². The third-order valence-electron chi connectivity index (χ3n) is 6.01. The first-order valence-electron chi connectivity index (χ1n) is 11.2. The quantitative estimate of drug-likeness (QED) is 0.419. The minimum Gasteiger partial charge on any atom is -0.389 e. The van der Waals surface area contributed by atoms with Gasteiger partial charge in [-0.25, -0.2) is 14.7 Å². The summed E-state index contributed by atoms with van der Waals surface area (Å²) in [6, 6.07) is 7.18. The number of hydroxylamine groups is 2. The smallest absolute Gasteiger partial charge is 0.331 e. The van der Waals surface area contributed by atoms with E-state index in [1.54, 1.807) is 24.3 Å². The van der Waals surface area contributed by atoms with Crippen LogP contribution in [0.5, 0.6) is 0 Å². The monoisotopic (exact) mass is 499 g/mol. The van der Waals surface area contributed by atoms with Crippen molar-refractivity contribution in [1.29, 1.82) is 0 Å². The van der Waals surface area contributed by atoms with Gasteiger partial charge in [0.15, 0.2) is 0 Å². The van der Waals surface area contributed by atoms with Gasteiger partial charge in [0.1, 0.15) is 17.5 Å². The lowest BCUT2D eigenvalue weighted by Crippen LogP contribution is -2.39. The maximum Gasteiger partial charge on any atom is 0.331 e. The molecule has 2 N–H and O–H groups in total. The zero-order chi connectivity index (χ0) is 25.0. The van der Waals surface area contributed by atoms with Gasteiger partial charge in [0.2, 0.25) is 0 Å². The highest BCUT2D eigenvalue weighted by Crippen LogP contribution is 2.32. The number of nitrogens with zero attached hydrogens (tertiary/aromatic N) is 4. The van der Waals surface area contributed by atoms with Gasteiger partial charge in [-0.3, -0.25) is 28.1 Å². The van der Waals surface area contributed by atoms with Crippen LogP contribution in [-0.2, 0) is 25.0 Å². The molecule has 4 heterocycles. The van der Waals surface area contributed by atoms with Crippen LogP contribution in [0.4, 0.5) is 0 Å². The largest absolute Gasteiger partial charge is 0.389 e. The Hall–Kier alpha value is -3.48. The van der Waals surface area contributed by atoms with E-state index in [4.69, 9.17) is 4.84 Å². The number of rotatable bonds is 5. The number of aromatic nitrogens is 4. The lowest BCUT2D eigenvalue weighted by atomic mass is 10.1. The Bertz CT molecular complexity index is 1640. The van der Waals surface area contributed by atoms with Crippen LogP contribution in [0.25, 0.3) is 21.3 Å². The molecule has 184 valence electrons. The molecular formula is C23H25N5O6S. The number of fused-ring (bicyclic) bond motifs is 2. The molecule has 1 aliphatic rings. The number of carbonyl (C=O) groups excluding carboxylic acids is 1. The number of para-hydroxylation sites is 2. The standard InChI is InChI=1S/C23H25N5O6S/c1-12(2)8-27-21-18(19(30)25(3)23(27)33)17(20(31)28-9-13(29)11-34-28)16(35-21)10-26-15-7-5-4-6-14(15)24-22(26)32/h4-7,12-13,29H,8-11H2,1-3H3,(H,24,32). The number of aliphatic hydroxyl groups excluding tert-OH is 1. The van der Waals surface area contributed by atoms with Crippen molar-refractivity contribution in [3.63, 3.8) is 0 Å². The molecule has 11 nitrogen and oxygen atoms in total. The Morgan fingerprint density at radius 1 is 1.23 bits per heavy atom. The molecule has 1 fully saturated rings. The van der Waals surface area contributed by atoms with Gasteiger partial charge in [-0.1, -0.05) is 26.0 Å². The molecule has 35 heavy (non-hydrogen) atoms. The van der Waals surface area contributed by atoms with E-state index in [1.807, 2.05) is 13.8 Å². The second-order valence-electron chi connectivity index (χ2n) is 9.08. The zero-order valence-corrected chi connectivity index (χ0v) is 20.3. The molecule has 5 rings (SSSR count). The fourth-order valence-corrected chi connectivity index (χ4v) is 5.66. The molecule has 12 heteroatoms. The molecule has 1 saturated heterocycles. The van der Waals surface area contributed by atoms with Crippen molar-refractivity contribution in [2.45, 2.75) is 33.0 Å². The van der Waals surface area contributed by atoms with Crippen LogP contribution in [0.1, 0.15) is 29.1 Å². The number of aromatic amines is 1. The van der Waals surface area contributed by atoms with E-state index in [2.05, 4.69) is 4.98 Å². The van der Waals surface area contributed by atoms with Crippen molar-refractivity contribution in [1.82, 2.24) is 23.7 Å². The van der Waals surface area contributed by atoms with Crippen LogP contribution in [0.2, 0.25) is 0 Å². The predicted octanol–water partition coefficient (Wildman–Crippen LogP) is 0.857. The number of carbonyl (C=O) groups is 1. The van der Waals surface area contributed by atoms with Gasteiger partial charge >= 0.3 is 11.4 Å². The number of imidazole rings is 1. The van der Waals surface area contributed by atoms with Crippen LogP contribution in [0, 0.1) is 5.92 Å². The summed E-state index contributed by atoms with van der Waals surface area (Å²) >= 11 is 1.14. The van der Waals surface area contributed by atoms with E-state index >= 15 is 0 Å². The number of nitrogens with one attached hydrogen (secondary N) is 1. The van der Waals surface area contributed by atoms with Crippen LogP contribution in [0.15, 0.2) is 38.6 Å². The molecule has 0 aliphatic carbocycles. The molecule has 4 aromatic rings. The minimum atomic E-state index is -0.842. The lowest BCUT2D eigenvalue weighted by Gasteiger charge is -2.15. The molecule has 0 radical (unpaired) electrons. The Morgan fingerprint density at radius 2 is 1.97 bits per heavy atom. The Labute approximate surface area is 202 Å². The highest BCUT2D eigenvalue weighted by molar-refractivity contribution is 7.19.